The molecule has 10 rings (SSSR count). The first-order chi connectivity index (χ1) is 36.2. The quantitative estimate of drug-likeness (QED) is 0.125. The van der Waals surface area contributed by atoms with Gasteiger partial charge in [-0.2, -0.15) is 13.8 Å². The second kappa shape index (κ2) is 23.4. The Hall–Kier alpha value is -5.66. The number of esters is 1. The van der Waals surface area contributed by atoms with E-state index in [2.05, 4.69) is 82.2 Å². The topological polar surface area (TPSA) is 245 Å². The summed E-state index contributed by atoms with van der Waals surface area (Å²) in [4.78, 5) is 70.8. The first kappa shape index (κ1) is 57.5. The minimum absolute atomic E-state index is 0. The van der Waals surface area contributed by atoms with Gasteiger partial charge in [0.05, 0.1) is 53.3 Å². The van der Waals surface area contributed by atoms with Gasteiger partial charge in [-0.1, -0.05) is 26.8 Å². The molecule has 1 saturated carbocycles. The number of benzene rings is 1. The molecule has 4 fully saturated rings. The van der Waals surface area contributed by atoms with Gasteiger partial charge in [-0.05, 0) is 82.3 Å². The number of nitrogens with zero attached hydrogens (tertiary/aromatic N) is 8. The largest absolute Gasteiger partial charge is 0.464 e. The Morgan fingerprint density at radius 1 is 1.10 bits per heavy atom. The van der Waals surface area contributed by atoms with E-state index in [1.54, 1.807) is 7.11 Å². The van der Waals surface area contributed by atoms with E-state index in [0.29, 0.717) is 36.3 Å². The van der Waals surface area contributed by atoms with E-state index in [-0.39, 0.29) is 61.1 Å². The van der Waals surface area contributed by atoms with Crippen LogP contribution in [0.5, 0.6) is 0 Å². The summed E-state index contributed by atoms with van der Waals surface area (Å²) in [5.41, 5.74) is 15.1. The molecule has 5 aliphatic rings. The van der Waals surface area contributed by atoms with Gasteiger partial charge in [0, 0.05) is 97.7 Å². The molecular weight excluding hydrogens is 1040 g/mol. The number of ether oxygens (including phenoxy) is 3. The van der Waals surface area contributed by atoms with Crippen LogP contribution in [-0.2, 0) is 48.0 Å². The van der Waals surface area contributed by atoms with Crippen LogP contribution in [0.3, 0.4) is 0 Å². The fourth-order valence-corrected chi connectivity index (χ4v) is 11.4. The third kappa shape index (κ3) is 12.0. The maximum Gasteiger partial charge on any atom is 0.351 e. The molecule has 4 aliphatic heterocycles. The molecule has 77 heavy (non-hydrogen) atoms. The molecule has 0 spiro atoms. The number of aromatic nitrogens is 5. The van der Waals surface area contributed by atoms with Crippen molar-refractivity contribution in [2.75, 3.05) is 70.7 Å². The summed E-state index contributed by atoms with van der Waals surface area (Å²) in [6, 6.07) is 8.49. The van der Waals surface area contributed by atoms with Crippen molar-refractivity contribution in [3.63, 3.8) is 0 Å². The number of aliphatic hydroxyl groups excluding tert-OH is 2. The Morgan fingerprint density at radius 3 is 2.51 bits per heavy atom. The second-order valence-electron chi connectivity index (χ2n) is 21.4. The summed E-state index contributed by atoms with van der Waals surface area (Å²) >= 11 is 1.49. The van der Waals surface area contributed by atoms with Crippen LogP contribution < -0.4 is 27.1 Å². The molecular formula is C53H70ClF2N11O9S. The van der Waals surface area contributed by atoms with E-state index in [1.807, 2.05) is 25.4 Å². The Labute approximate surface area is 455 Å². The number of likely N-dealkylation sites (N-methyl/N-ethyl adjacent to an activating group) is 1. The number of pyridine rings is 1. The van der Waals surface area contributed by atoms with Gasteiger partial charge >= 0.3 is 17.6 Å². The Bertz CT molecular complexity index is 3020. The van der Waals surface area contributed by atoms with Gasteiger partial charge in [0.15, 0.2) is 6.10 Å². The predicted octanol–water partition coefficient (Wildman–Crippen LogP) is 4.74. The van der Waals surface area contributed by atoms with Crippen LogP contribution in [0.25, 0.3) is 33.4 Å². The summed E-state index contributed by atoms with van der Waals surface area (Å²) in [6.07, 6.45) is -0.0846. The highest BCUT2D eigenvalue weighted by atomic mass is 35.5. The summed E-state index contributed by atoms with van der Waals surface area (Å²) in [6.45, 7) is 14.9. The van der Waals surface area contributed by atoms with Gasteiger partial charge in [0.2, 0.25) is 12.1 Å². The van der Waals surface area contributed by atoms with Gasteiger partial charge in [0.25, 0.3) is 5.91 Å². The molecule has 1 aliphatic carbocycles. The molecule has 0 radical (unpaired) electrons. The average Bonchev–Trinajstić information content (AvgIpc) is 3.82. The van der Waals surface area contributed by atoms with Gasteiger partial charge in [-0.25, -0.2) is 15.2 Å². The van der Waals surface area contributed by atoms with Crippen LogP contribution in [0.2, 0.25) is 0 Å². The fraction of sp³-hybridized carbons (Fsp3) is 0.566. The number of alkyl halides is 2. The van der Waals surface area contributed by atoms with Crippen molar-refractivity contribution in [3.05, 3.63) is 74.9 Å². The fourth-order valence-electron chi connectivity index (χ4n) is 10.5. The number of nitrogens with two attached hydrogens (primary N) is 1. The number of hydrazine groups is 1. The molecule has 2 amide bonds. The summed E-state index contributed by atoms with van der Waals surface area (Å²) < 4.78 is 47.2. The standard InChI is InChI=1S/C44H58N8O5S.C9H11F2N3O4.ClH/c1-8-51-37-12-11-28-19-31(37)33(40(51)32-20-29(23-45-39(32)27(3)56-7)50-16-14-49(6)15-17-50)22-44(4,5)25-57-43(55)34-10-9-13-52(48-34)42(54)35(21-38-46-36(28)24-58-38)47-41(53)30-18-26(30)2;10-9(11)6(16)4(3-15)18-7(9)14-2-1-5(12)13-8(14)17;/h11-12,19-20,23-24,26-27,30,34-35,48H,8-10,13-18,21-22,25H2,1-7H3,(H,47,53);1-2,4,6-7,15-16H,3H2,(H2,12,13,17);1H. The smallest absolute Gasteiger partial charge is 0.351 e. The van der Waals surface area contributed by atoms with Crippen LogP contribution in [0.1, 0.15) is 82.5 Å². The van der Waals surface area contributed by atoms with Gasteiger partial charge in [0.1, 0.15) is 24.0 Å². The predicted molar refractivity (Wildman–Crippen MR) is 288 cm³/mol. The summed E-state index contributed by atoms with van der Waals surface area (Å²) in [5, 5.41) is 26.6. The van der Waals surface area contributed by atoms with E-state index >= 15 is 0 Å². The zero-order valence-corrected chi connectivity index (χ0v) is 46.0. The van der Waals surface area contributed by atoms with Crippen molar-refractivity contribution in [2.45, 2.75) is 116 Å². The average molecular weight is 1110 g/mol. The number of thiazole rings is 1. The molecule has 4 aromatic heterocycles. The molecule has 5 aromatic rings. The maximum absolute atomic E-state index is 14.1. The number of rotatable bonds is 9. The van der Waals surface area contributed by atoms with E-state index in [1.165, 1.54) is 16.3 Å². The number of nitrogens with one attached hydrogen (secondary N) is 2. The second-order valence-corrected chi connectivity index (χ2v) is 22.4. The zero-order chi connectivity index (χ0) is 54.4. The number of carbonyl (C=O) groups excluding carboxylic acids is 3. The minimum Gasteiger partial charge on any atom is -0.464 e. The van der Waals surface area contributed by atoms with Gasteiger partial charge in [-0.3, -0.25) is 28.9 Å². The van der Waals surface area contributed by atoms with E-state index < -0.39 is 54.2 Å². The van der Waals surface area contributed by atoms with Crippen LogP contribution in [0, 0.1) is 17.3 Å². The van der Waals surface area contributed by atoms with Crippen LogP contribution in [-0.4, -0.2) is 152 Å². The molecule has 3 saturated heterocycles. The third-order valence-electron chi connectivity index (χ3n) is 15.2. The number of halogens is 3. The molecule has 8 unspecified atom stereocenters. The lowest BCUT2D eigenvalue weighted by Crippen LogP contribution is -2.60. The third-order valence-corrected chi connectivity index (χ3v) is 16.1. The first-order valence-corrected chi connectivity index (χ1v) is 26.9. The van der Waals surface area contributed by atoms with Crippen LogP contribution in [0.15, 0.2) is 52.9 Å². The highest BCUT2D eigenvalue weighted by molar-refractivity contribution is 7.10. The number of nitrogen functional groups attached to an aromatic ring is 1. The van der Waals surface area contributed by atoms with Gasteiger partial charge < -0.3 is 49.8 Å². The molecule has 6 N–H and O–H groups in total. The number of cyclic esters (lactones) is 1. The molecule has 20 nitrogen and oxygen atoms in total. The number of piperazine rings is 1. The zero-order valence-electron chi connectivity index (χ0n) is 44.4. The van der Waals surface area contributed by atoms with E-state index in [0.717, 1.165) is 107 Å². The summed E-state index contributed by atoms with van der Waals surface area (Å²) in [5.74, 6) is -4.39. The number of carbonyl (C=O) groups is 3. The number of methoxy groups -OCH3 is 1. The molecule has 6 bridgehead atoms. The number of fused-ring (bicyclic) bond motifs is 6. The molecule has 8 heterocycles. The Kier molecular flexibility index (Phi) is 17.4. The van der Waals surface area contributed by atoms with Crippen molar-refractivity contribution in [2.24, 2.45) is 17.3 Å². The van der Waals surface area contributed by atoms with E-state index in [4.69, 9.17) is 35.0 Å². The number of hydrogen-bond donors (Lipinski definition) is 5. The highest BCUT2D eigenvalue weighted by Crippen LogP contribution is 2.44. The van der Waals surface area contributed by atoms with Gasteiger partial charge in [-0.15, -0.1) is 23.7 Å². The van der Waals surface area contributed by atoms with Crippen LogP contribution >= 0.6 is 23.7 Å². The maximum atomic E-state index is 14.1. The number of aliphatic hydroxyl groups is 2. The normalized spacial score (nSPS) is 25.7. The summed E-state index contributed by atoms with van der Waals surface area (Å²) in [7, 11) is 3.89. The van der Waals surface area contributed by atoms with Crippen molar-refractivity contribution >= 4 is 63.9 Å². The Morgan fingerprint density at radius 2 is 1.84 bits per heavy atom. The monoisotopic (exact) mass is 1110 g/mol. The highest BCUT2D eigenvalue weighted by Gasteiger charge is 2.59. The first-order valence-electron chi connectivity index (χ1n) is 26.0. The SMILES string of the molecule is CCn1c(-c2cc(N3CCN(C)CC3)cnc2C(C)OC)c2c3cc(ccc31)-c1csc(n1)CC(NC(=O)C1CC1C)C(=O)N1CCCC(N1)C(=O)OCC(C)(C)C2.Cl.Nc1ccn(C2OC(CO)C(O)C2(F)F)c(=O)n1. The number of aryl methyl sites for hydroxylation is 1. The minimum atomic E-state index is -3.71. The number of hydrogen-bond acceptors (Lipinski definition) is 17. The van der Waals surface area contributed by atoms with Crippen molar-refractivity contribution in [3.8, 4) is 22.5 Å². The van der Waals surface area contributed by atoms with Crippen molar-refractivity contribution in [1.82, 2.24) is 44.7 Å². The number of amides is 2. The lowest BCUT2D eigenvalue weighted by Gasteiger charge is -2.35. The lowest BCUT2D eigenvalue weighted by molar-refractivity contribution is -0.155. The molecule has 24 heteroatoms. The lowest BCUT2D eigenvalue weighted by atomic mass is 9.84. The van der Waals surface area contributed by atoms with Crippen molar-refractivity contribution < 1.29 is 47.6 Å². The number of anilines is 2. The molecule has 8 atom stereocenters. The molecule has 418 valence electrons. The van der Waals surface area contributed by atoms with Crippen LogP contribution in [0.4, 0.5) is 20.3 Å². The van der Waals surface area contributed by atoms with Crippen molar-refractivity contribution in [1.29, 1.82) is 0 Å². The van der Waals surface area contributed by atoms with E-state index in [9.17, 15) is 33.1 Å². The Balaban J connectivity index is 0.000000349. The molecule has 1 aromatic carbocycles.